The van der Waals surface area contributed by atoms with E-state index in [0.717, 1.165) is 19.5 Å². The topological polar surface area (TPSA) is 92.7 Å². The van der Waals surface area contributed by atoms with Crippen molar-refractivity contribution >= 4 is 11.8 Å². The highest BCUT2D eigenvalue weighted by Gasteiger charge is 2.27. The van der Waals surface area contributed by atoms with Crippen LogP contribution in [0.1, 0.15) is 26.7 Å². The normalized spacial score (nSPS) is 20.5. The fourth-order valence-electron chi connectivity index (χ4n) is 2.18. The molecule has 1 rings (SSSR count). The Morgan fingerprint density at radius 2 is 1.78 bits per heavy atom. The molecule has 2 unspecified atom stereocenters. The summed E-state index contributed by atoms with van der Waals surface area (Å²) >= 11 is 0. The van der Waals surface area contributed by atoms with Gasteiger partial charge < -0.3 is 16.4 Å². The van der Waals surface area contributed by atoms with Crippen LogP contribution in [0.2, 0.25) is 0 Å². The highest BCUT2D eigenvalue weighted by molar-refractivity contribution is 5.87. The zero-order valence-corrected chi connectivity index (χ0v) is 11.3. The summed E-state index contributed by atoms with van der Waals surface area (Å²) in [6, 6.07) is -0.251. The van der Waals surface area contributed by atoms with Gasteiger partial charge in [0, 0.05) is 32.2 Å². The third kappa shape index (κ3) is 3.96. The predicted octanol–water partition coefficient (Wildman–Crippen LogP) is -0.868. The lowest BCUT2D eigenvalue weighted by Crippen LogP contribution is -2.55. The molecule has 1 aliphatic rings. The molecule has 0 aromatic heterocycles. The molecular formula is C12H24N4O2. The van der Waals surface area contributed by atoms with Crippen LogP contribution in [0, 0.1) is 0 Å². The fourth-order valence-corrected chi connectivity index (χ4v) is 2.18. The molecule has 1 heterocycles. The highest BCUT2D eigenvalue weighted by Crippen LogP contribution is 2.09. The first-order valence-electron chi connectivity index (χ1n) is 6.52. The van der Waals surface area contributed by atoms with E-state index in [1.165, 1.54) is 0 Å². The number of nitrogens with two attached hydrogens (primary N) is 2. The third-order valence-corrected chi connectivity index (χ3v) is 3.58. The number of hydrogen-bond acceptors (Lipinski definition) is 4. The van der Waals surface area contributed by atoms with Crippen molar-refractivity contribution in [3.63, 3.8) is 0 Å². The Balaban J connectivity index is 2.42. The maximum absolute atomic E-state index is 12.0. The number of carbonyl (C=O) groups is 2. The Morgan fingerprint density at radius 3 is 2.22 bits per heavy atom. The Hall–Kier alpha value is -1.14. The average molecular weight is 256 g/mol. The second-order valence-corrected chi connectivity index (χ2v) is 4.90. The van der Waals surface area contributed by atoms with Gasteiger partial charge in [-0.2, -0.15) is 0 Å². The molecule has 6 nitrogen and oxygen atoms in total. The molecule has 1 saturated heterocycles. The van der Waals surface area contributed by atoms with Crippen molar-refractivity contribution in [2.75, 3.05) is 26.2 Å². The zero-order valence-electron chi connectivity index (χ0n) is 11.3. The molecule has 1 fully saturated rings. The summed E-state index contributed by atoms with van der Waals surface area (Å²) < 4.78 is 0. The molecule has 0 saturated carbocycles. The van der Waals surface area contributed by atoms with Gasteiger partial charge in [0.15, 0.2) is 0 Å². The first-order chi connectivity index (χ1) is 8.45. The summed E-state index contributed by atoms with van der Waals surface area (Å²) in [5.74, 6) is -0.702. The van der Waals surface area contributed by atoms with Gasteiger partial charge in [-0.05, 0) is 13.3 Å². The monoisotopic (exact) mass is 256 g/mol. The molecule has 6 heteroatoms. The molecule has 0 aromatic rings. The van der Waals surface area contributed by atoms with Crippen LogP contribution in [-0.2, 0) is 9.59 Å². The van der Waals surface area contributed by atoms with Crippen molar-refractivity contribution < 1.29 is 9.59 Å². The fraction of sp³-hybridized carbons (Fsp3) is 0.833. The van der Waals surface area contributed by atoms with Gasteiger partial charge in [-0.25, -0.2) is 0 Å². The van der Waals surface area contributed by atoms with E-state index in [1.54, 1.807) is 4.90 Å². The summed E-state index contributed by atoms with van der Waals surface area (Å²) in [5.41, 5.74) is 10.7. The SMILES string of the molecule is CCC(C)N1CCN(C(=O)C(N)CC(N)=O)CC1. The van der Waals surface area contributed by atoms with Gasteiger partial charge in [-0.15, -0.1) is 0 Å². The summed E-state index contributed by atoms with van der Waals surface area (Å²) in [6.07, 6.45) is 1.03. The molecule has 0 radical (unpaired) electrons. The van der Waals surface area contributed by atoms with Crippen LogP contribution in [0.15, 0.2) is 0 Å². The van der Waals surface area contributed by atoms with E-state index >= 15 is 0 Å². The maximum atomic E-state index is 12.0. The number of amides is 2. The van der Waals surface area contributed by atoms with E-state index < -0.39 is 11.9 Å². The maximum Gasteiger partial charge on any atom is 0.240 e. The molecule has 1 aliphatic heterocycles. The number of carbonyl (C=O) groups excluding carboxylic acids is 2. The lowest BCUT2D eigenvalue weighted by molar-refractivity contribution is -0.136. The summed E-state index contributed by atoms with van der Waals surface area (Å²) in [4.78, 5) is 26.8. The van der Waals surface area contributed by atoms with E-state index in [4.69, 9.17) is 11.5 Å². The minimum absolute atomic E-state index is 0.0790. The van der Waals surface area contributed by atoms with Gasteiger partial charge in [0.2, 0.25) is 11.8 Å². The van der Waals surface area contributed by atoms with E-state index in [2.05, 4.69) is 18.7 Å². The average Bonchev–Trinajstić information content (AvgIpc) is 2.36. The van der Waals surface area contributed by atoms with Crippen molar-refractivity contribution in [2.24, 2.45) is 11.5 Å². The first-order valence-corrected chi connectivity index (χ1v) is 6.52. The number of hydrogen-bond donors (Lipinski definition) is 2. The number of primary amides is 1. The molecular weight excluding hydrogens is 232 g/mol. The standard InChI is InChI=1S/C12H24N4O2/c1-3-9(2)15-4-6-16(7-5-15)12(18)10(13)8-11(14)17/h9-10H,3-8,13H2,1-2H3,(H2,14,17). The Morgan fingerprint density at radius 1 is 1.22 bits per heavy atom. The minimum atomic E-state index is -0.794. The molecule has 18 heavy (non-hydrogen) atoms. The Bertz CT molecular complexity index is 300. The van der Waals surface area contributed by atoms with E-state index in [1.807, 2.05) is 0 Å². The lowest BCUT2D eigenvalue weighted by Gasteiger charge is -2.38. The molecule has 0 spiro atoms. The van der Waals surface area contributed by atoms with Crippen molar-refractivity contribution in [3.8, 4) is 0 Å². The van der Waals surface area contributed by atoms with Gasteiger partial charge in [-0.3, -0.25) is 14.5 Å². The van der Waals surface area contributed by atoms with Gasteiger partial charge in [0.05, 0.1) is 12.5 Å². The molecule has 104 valence electrons. The second kappa shape index (κ2) is 6.70. The van der Waals surface area contributed by atoms with Crippen molar-refractivity contribution in [1.82, 2.24) is 9.80 Å². The molecule has 4 N–H and O–H groups in total. The zero-order chi connectivity index (χ0) is 13.7. The second-order valence-electron chi connectivity index (χ2n) is 4.90. The van der Waals surface area contributed by atoms with Gasteiger partial charge in [0.1, 0.15) is 0 Å². The van der Waals surface area contributed by atoms with Crippen LogP contribution >= 0.6 is 0 Å². The largest absolute Gasteiger partial charge is 0.370 e. The van der Waals surface area contributed by atoms with E-state index in [-0.39, 0.29) is 12.3 Å². The highest BCUT2D eigenvalue weighted by atomic mass is 16.2. The van der Waals surface area contributed by atoms with Gasteiger partial charge in [-0.1, -0.05) is 6.92 Å². The predicted molar refractivity (Wildman–Crippen MR) is 69.7 cm³/mol. The van der Waals surface area contributed by atoms with Crippen LogP contribution in [0.4, 0.5) is 0 Å². The summed E-state index contributed by atoms with van der Waals surface area (Å²) in [7, 11) is 0. The van der Waals surface area contributed by atoms with Crippen LogP contribution in [0.3, 0.4) is 0 Å². The smallest absolute Gasteiger partial charge is 0.240 e. The quantitative estimate of drug-likeness (QED) is 0.669. The molecule has 0 aliphatic carbocycles. The molecule has 0 bridgehead atoms. The molecule has 2 atom stereocenters. The number of piperazine rings is 1. The molecule has 2 amide bonds. The van der Waals surface area contributed by atoms with E-state index in [9.17, 15) is 9.59 Å². The van der Waals surface area contributed by atoms with Crippen LogP contribution in [0.5, 0.6) is 0 Å². The van der Waals surface area contributed by atoms with Crippen LogP contribution in [-0.4, -0.2) is 59.9 Å². The number of nitrogens with zero attached hydrogens (tertiary/aromatic N) is 2. The van der Waals surface area contributed by atoms with Crippen LogP contribution < -0.4 is 11.5 Å². The van der Waals surface area contributed by atoms with Gasteiger partial charge >= 0.3 is 0 Å². The molecule has 0 aromatic carbocycles. The summed E-state index contributed by atoms with van der Waals surface area (Å²) in [5, 5.41) is 0. The number of rotatable bonds is 5. The summed E-state index contributed by atoms with van der Waals surface area (Å²) in [6.45, 7) is 7.43. The van der Waals surface area contributed by atoms with Crippen molar-refractivity contribution in [3.05, 3.63) is 0 Å². The lowest BCUT2D eigenvalue weighted by atomic mass is 10.1. The third-order valence-electron chi connectivity index (χ3n) is 3.58. The first kappa shape index (κ1) is 14.9. The Kier molecular flexibility index (Phi) is 5.55. The van der Waals surface area contributed by atoms with Gasteiger partial charge in [0.25, 0.3) is 0 Å². The minimum Gasteiger partial charge on any atom is -0.370 e. The Labute approximate surface area is 108 Å². The van der Waals surface area contributed by atoms with Crippen LogP contribution in [0.25, 0.3) is 0 Å². The van der Waals surface area contributed by atoms with E-state index in [0.29, 0.717) is 19.1 Å². The van der Waals surface area contributed by atoms with Crippen molar-refractivity contribution in [2.45, 2.75) is 38.8 Å². The van der Waals surface area contributed by atoms with Crippen molar-refractivity contribution in [1.29, 1.82) is 0 Å².